The standard InChI is InChI=1S/C26H38N2O/c1-9-20-13-11-14-21(10-2)24(20)27-26(29-19(7)8)28-25-22(17(3)4)15-12-16-23(25)18(5)6/h11-19H,9-10H2,1-8H3,(H,27,28). The fourth-order valence-corrected chi connectivity index (χ4v) is 3.57. The van der Waals surface area contributed by atoms with E-state index in [1.807, 2.05) is 13.8 Å². The van der Waals surface area contributed by atoms with Gasteiger partial charge in [-0.15, -0.1) is 0 Å². The summed E-state index contributed by atoms with van der Waals surface area (Å²) in [5.74, 6) is 0.816. The van der Waals surface area contributed by atoms with E-state index in [4.69, 9.17) is 9.73 Å². The van der Waals surface area contributed by atoms with Crippen LogP contribution < -0.4 is 5.32 Å². The van der Waals surface area contributed by atoms with Crippen LogP contribution in [0.3, 0.4) is 0 Å². The molecule has 0 radical (unpaired) electrons. The first-order valence-electron chi connectivity index (χ1n) is 11.0. The van der Waals surface area contributed by atoms with E-state index in [2.05, 4.69) is 83.3 Å². The van der Waals surface area contributed by atoms with Crippen molar-refractivity contribution in [3.63, 3.8) is 0 Å². The summed E-state index contributed by atoms with van der Waals surface area (Å²) in [6.45, 7) is 17.4. The summed E-state index contributed by atoms with van der Waals surface area (Å²) < 4.78 is 6.17. The molecule has 0 fully saturated rings. The lowest BCUT2D eigenvalue weighted by Gasteiger charge is -2.23. The van der Waals surface area contributed by atoms with Gasteiger partial charge in [-0.3, -0.25) is 0 Å². The van der Waals surface area contributed by atoms with Gasteiger partial charge in [0.1, 0.15) is 0 Å². The van der Waals surface area contributed by atoms with Crippen LogP contribution in [0.15, 0.2) is 41.4 Å². The minimum absolute atomic E-state index is 0.0360. The van der Waals surface area contributed by atoms with Gasteiger partial charge in [0.15, 0.2) is 0 Å². The van der Waals surface area contributed by atoms with Gasteiger partial charge < -0.3 is 10.1 Å². The molecule has 3 nitrogen and oxygen atoms in total. The Morgan fingerprint density at radius 1 is 0.828 bits per heavy atom. The minimum Gasteiger partial charge on any atom is -0.462 e. The molecule has 0 amide bonds. The van der Waals surface area contributed by atoms with Crippen LogP contribution in [0.4, 0.5) is 11.4 Å². The predicted octanol–water partition coefficient (Wildman–Crippen LogP) is 7.58. The first kappa shape index (κ1) is 23.0. The molecule has 0 saturated heterocycles. The van der Waals surface area contributed by atoms with Gasteiger partial charge in [-0.1, -0.05) is 77.9 Å². The quantitative estimate of drug-likeness (QED) is 0.388. The van der Waals surface area contributed by atoms with Crippen LogP contribution in [-0.4, -0.2) is 12.1 Å². The van der Waals surface area contributed by atoms with Crippen LogP contribution in [0, 0.1) is 0 Å². The van der Waals surface area contributed by atoms with E-state index in [1.165, 1.54) is 22.3 Å². The molecule has 158 valence electrons. The third-order valence-electron chi connectivity index (χ3n) is 5.13. The highest BCUT2D eigenvalue weighted by molar-refractivity contribution is 5.93. The molecule has 0 aliphatic carbocycles. The highest BCUT2D eigenvalue weighted by Crippen LogP contribution is 2.33. The third-order valence-corrected chi connectivity index (χ3v) is 5.13. The van der Waals surface area contributed by atoms with Crippen molar-refractivity contribution >= 4 is 17.4 Å². The van der Waals surface area contributed by atoms with Gasteiger partial charge in [-0.2, -0.15) is 4.99 Å². The maximum atomic E-state index is 6.17. The van der Waals surface area contributed by atoms with Crippen molar-refractivity contribution in [2.24, 2.45) is 4.99 Å². The van der Waals surface area contributed by atoms with Gasteiger partial charge >= 0.3 is 0 Å². The van der Waals surface area contributed by atoms with E-state index in [9.17, 15) is 0 Å². The Morgan fingerprint density at radius 3 is 1.72 bits per heavy atom. The molecule has 0 bridgehead atoms. The number of ether oxygens (including phenoxy) is 1. The van der Waals surface area contributed by atoms with Crippen LogP contribution in [0.5, 0.6) is 0 Å². The Balaban J connectivity index is 2.61. The lowest BCUT2D eigenvalue weighted by molar-refractivity contribution is 0.228. The molecule has 0 spiro atoms. The average Bonchev–Trinajstić information content (AvgIpc) is 2.67. The van der Waals surface area contributed by atoms with Crippen molar-refractivity contribution < 1.29 is 4.74 Å². The van der Waals surface area contributed by atoms with E-state index in [0.717, 1.165) is 24.2 Å². The highest BCUT2D eigenvalue weighted by atomic mass is 16.5. The zero-order valence-corrected chi connectivity index (χ0v) is 19.5. The van der Waals surface area contributed by atoms with Gasteiger partial charge in [0.05, 0.1) is 11.8 Å². The molecule has 0 aliphatic heterocycles. The Labute approximate surface area is 177 Å². The summed E-state index contributed by atoms with van der Waals surface area (Å²) in [4.78, 5) is 5.02. The Bertz CT molecular complexity index is 786. The molecule has 1 N–H and O–H groups in total. The molecule has 0 aromatic heterocycles. The predicted molar refractivity (Wildman–Crippen MR) is 127 cm³/mol. The number of hydrogen-bond acceptors (Lipinski definition) is 2. The second-order valence-electron chi connectivity index (χ2n) is 8.46. The molecule has 3 heteroatoms. The Kier molecular flexibility index (Phi) is 8.31. The van der Waals surface area contributed by atoms with E-state index in [-0.39, 0.29) is 6.10 Å². The number of hydrogen-bond donors (Lipinski definition) is 1. The molecule has 0 heterocycles. The molecule has 2 aromatic rings. The van der Waals surface area contributed by atoms with Crippen molar-refractivity contribution in [2.75, 3.05) is 5.32 Å². The van der Waals surface area contributed by atoms with Crippen molar-refractivity contribution in [2.45, 2.75) is 86.2 Å². The molecule has 2 rings (SSSR count). The third kappa shape index (κ3) is 5.85. The fourth-order valence-electron chi connectivity index (χ4n) is 3.57. The Morgan fingerprint density at radius 2 is 1.31 bits per heavy atom. The number of aliphatic imine (C=N–C) groups is 1. The number of anilines is 1. The maximum Gasteiger partial charge on any atom is 0.294 e. The molecule has 2 aromatic carbocycles. The normalized spacial score (nSPS) is 12.2. The molecule has 29 heavy (non-hydrogen) atoms. The molecule has 0 saturated carbocycles. The van der Waals surface area contributed by atoms with Gasteiger partial charge in [0, 0.05) is 5.69 Å². The van der Waals surface area contributed by atoms with Crippen molar-refractivity contribution in [1.82, 2.24) is 0 Å². The summed E-state index contributed by atoms with van der Waals surface area (Å²) in [7, 11) is 0. The number of para-hydroxylation sites is 2. The zero-order valence-electron chi connectivity index (χ0n) is 19.5. The monoisotopic (exact) mass is 394 g/mol. The maximum absolute atomic E-state index is 6.17. The molecule has 0 atom stereocenters. The van der Waals surface area contributed by atoms with Crippen molar-refractivity contribution in [3.8, 4) is 0 Å². The number of nitrogens with one attached hydrogen (secondary N) is 1. The van der Waals surface area contributed by atoms with Gasteiger partial charge in [0.2, 0.25) is 0 Å². The van der Waals surface area contributed by atoms with Crippen LogP contribution in [0.25, 0.3) is 0 Å². The lowest BCUT2D eigenvalue weighted by atomic mass is 9.93. The lowest BCUT2D eigenvalue weighted by Crippen LogP contribution is -2.22. The molecular formula is C26H38N2O. The number of nitrogens with zero attached hydrogens (tertiary/aromatic N) is 1. The van der Waals surface area contributed by atoms with E-state index in [0.29, 0.717) is 17.9 Å². The fraction of sp³-hybridized carbons (Fsp3) is 0.500. The molecule has 0 aliphatic rings. The summed E-state index contributed by atoms with van der Waals surface area (Å²) in [5.41, 5.74) is 7.23. The van der Waals surface area contributed by atoms with E-state index in [1.54, 1.807) is 0 Å². The summed E-state index contributed by atoms with van der Waals surface area (Å²) in [6.07, 6.45) is 1.93. The van der Waals surface area contributed by atoms with Gasteiger partial charge in [-0.05, 0) is 60.8 Å². The Hall–Kier alpha value is -2.29. The summed E-state index contributed by atoms with van der Waals surface area (Å²) >= 11 is 0. The summed E-state index contributed by atoms with van der Waals surface area (Å²) in [5, 5.41) is 3.59. The van der Waals surface area contributed by atoms with Crippen molar-refractivity contribution in [3.05, 3.63) is 58.7 Å². The van der Waals surface area contributed by atoms with Gasteiger partial charge in [0.25, 0.3) is 6.02 Å². The average molecular weight is 395 g/mol. The summed E-state index contributed by atoms with van der Waals surface area (Å²) in [6, 6.07) is 13.6. The van der Waals surface area contributed by atoms with E-state index >= 15 is 0 Å². The number of benzene rings is 2. The van der Waals surface area contributed by atoms with Crippen LogP contribution >= 0.6 is 0 Å². The van der Waals surface area contributed by atoms with E-state index < -0.39 is 0 Å². The van der Waals surface area contributed by atoms with Crippen LogP contribution in [0.2, 0.25) is 0 Å². The first-order valence-corrected chi connectivity index (χ1v) is 11.0. The topological polar surface area (TPSA) is 33.6 Å². The zero-order chi connectivity index (χ0) is 21.6. The number of rotatable bonds is 7. The van der Waals surface area contributed by atoms with Crippen molar-refractivity contribution in [1.29, 1.82) is 0 Å². The number of amidine groups is 1. The largest absolute Gasteiger partial charge is 0.462 e. The SMILES string of the molecule is CCc1cccc(CC)c1N=C(Nc1c(C(C)C)cccc1C(C)C)OC(C)C. The van der Waals surface area contributed by atoms with Gasteiger partial charge in [-0.25, -0.2) is 0 Å². The second-order valence-corrected chi connectivity index (χ2v) is 8.46. The second kappa shape index (κ2) is 10.5. The molecular weight excluding hydrogens is 356 g/mol. The number of aryl methyl sites for hydroxylation is 2. The minimum atomic E-state index is 0.0360. The van der Waals surface area contributed by atoms with Crippen LogP contribution in [0.1, 0.15) is 89.5 Å². The smallest absolute Gasteiger partial charge is 0.294 e. The van der Waals surface area contributed by atoms with Crippen LogP contribution in [-0.2, 0) is 17.6 Å². The molecule has 0 unspecified atom stereocenters. The first-order chi connectivity index (χ1) is 13.8. The highest BCUT2D eigenvalue weighted by Gasteiger charge is 2.17.